The summed E-state index contributed by atoms with van der Waals surface area (Å²) in [6.45, 7) is 1.97. The van der Waals surface area contributed by atoms with Crippen molar-refractivity contribution >= 4 is 44.8 Å². The van der Waals surface area contributed by atoms with E-state index in [1.807, 2.05) is 19.1 Å². The minimum absolute atomic E-state index is 0.0536. The smallest absolute Gasteiger partial charge is 0.292 e. The zero-order valence-electron chi connectivity index (χ0n) is 14.6. The van der Waals surface area contributed by atoms with Crippen LogP contribution in [0.2, 0.25) is 0 Å². The molecule has 0 aliphatic rings. The Morgan fingerprint density at radius 1 is 1.15 bits per heavy atom. The van der Waals surface area contributed by atoms with Crippen molar-refractivity contribution in [1.82, 2.24) is 5.32 Å². The molecule has 0 saturated heterocycles. The monoisotopic (exact) mass is 434 g/mol. The van der Waals surface area contributed by atoms with Gasteiger partial charge in [-0.3, -0.25) is 19.7 Å². The molecule has 3 N–H and O–H groups in total. The van der Waals surface area contributed by atoms with Gasteiger partial charge in [-0.25, -0.2) is 0 Å². The van der Waals surface area contributed by atoms with Gasteiger partial charge in [0.15, 0.2) is 0 Å². The third kappa shape index (κ3) is 6.37. The van der Waals surface area contributed by atoms with Crippen LogP contribution in [0.1, 0.15) is 12.0 Å². The average Bonchev–Trinajstić information content (AvgIpc) is 2.63. The maximum Gasteiger partial charge on any atom is 0.292 e. The van der Waals surface area contributed by atoms with Gasteiger partial charge >= 0.3 is 0 Å². The average molecular weight is 435 g/mol. The van der Waals surface area contributed by atoms with E-state index in [0.717, 1.165) is 10.0 Å². The van der Waals surface area contributed by atoms with Crippen molar-refractivity contribution < 1.29 is 14.5 Å². The van der Waals surface area contributed by atoms with Gasteiger partial charge in [0.1, 0.15) is 5.69 Å². The SMILES string of the molecule is Cc1cc(NC(=O)CNC(=O)CCNc2ccccc2[N+](=O)[O-])ccc1Br. The molecule has 27 heavy (non-hydrogen) atoms. The summed E-state index contributed by atoms with van der Waals surface area (Å²) in [6.07, 6.45) is 0.0801. The number of hydrogen-bond donors (Lipinski definition) is 3. The molecule has 0 heterocycles. The van der Waals surface area contributed by atoms with Gasteiger partial charge < -0.3 is 16.0 Å². The van der Waals surface area contributed by atoms with E-state index in [4.69, 9.17) is 0 Å². The summed E-state index contributed by atoms with van der Waals surface area (Å²) in [4.78, 5) is 34.2. The molecule has 2 aromatic rings. The number of nitrogens with one attached hydrogen (secondary N) is 3. The van der Waals surface area contributed by atoms with E-state index in [-0.39, 0.29) is 37.0 Å². The fourth-order valence-electron chi connectivity index (χ4n) is 2.29. The molecule has 142 valence electrons. The second-order valence-electron chi connectivity index (χ2n) is 5.74. The zero-order valence-corrected chi connectivity index (χ0v) is 16.2. The van der Waals surface area contributed by atoms with Crippen molar-refractivity contribution in [3.63, 3.8) is 0 Å². The highest BCUT2D eigenvalue weighted by Gasteiger charge is 2.12. The first-order valence-corrected chi connectivity index (χ1v) is 8.96. The summed E-state index contributed by atoms with van der Waals surface area (Å²) in [6, 6.07) is 11.6. The molecule has 8 nitrogen and oxygen atoms in total. The quantitative estimate of drug-likeness (QED) is 0.435. The number of rotatable bonds is 8. The van der Waals surface area contributed by atoms with E-state index in [1.165, 1.54) is 6.07 Å². The van der Waals surface area contributed by atoms with Crippen LogP contribution in [0.5, 0.6) is 0 Å². The molecule has 0 radical (unpaired) electrons. The Kier molecular flexibility index (Phi) is 7.30. The molecule has 0 fully saturated rings. The van der Waals surface area contributed by atoms with Gasteiger partial charge in [-0.2, -0.15) is 0 Å². The number of nitro groups is 1. The summed E-state index contributed by atoms with van der Waals surface area (Å²) < 4.78 is 0.944. The Morgan fingerprint density at radius 2 is 1.89 bits per heavy atom. The minimum Gasteiger partial charge on any atom is -0.379 e. The topological polar surface area (TPSA) is 113 Å². The highest BCUT2D eigenvalue weighted by Crippen LogP contribution is 2.23. The van der Waals surface area contributed by atoms with E-state index < -0.39 is 4.92 Å². The number of hydrogen-bond acceptors (Lipinski definition) is 5. The second kappa shape index (κ2) is 9.67. The van der Waals surface area contributed by atoms with E-state index in [0.29, 0.717) is 11.4 Å². The van der Waals surface area contributed by atoms with Gasteiger partial charge in [-0.05, 0) is 36.8 Å². The molecule has 0 spiro atoms. The summed E-state index contributed by atoms with van der Waals surface area (Å²) in [5.74, 6) is -0.667. The lowest BCUT2D eigenvalue weighted by Gasteiger charge is -2.09. The number of amides is 2. The number of carbonyl (C=O) groups is 2. The molecule has 2 aromatic carbocycles. The fraction of sp³-hybridized carbons (Fsp3) is 0.222. The number of anilines is 2. The minimum atomic E-state index is -0.490. The van der Waals surface area contributed by atoms with Gasteiger partial charge in [0.2, 0.25) is 11.8 Å². The molecule has 0 saturated carbocycles. The third-order valence-electron chi connectivity index (χ3n) is 3.66. The second-order valence-corrected chi connectivity index (χ2v) is 6.59. The van der Waals surface area contributed by atoms with Crippen LogP contribution in [-0.4, -0.2) is 29.8 Å². The third-order valence-corrected chi connectivity index (χ3v) is 4.55. The van der Waals surface area contributed by atoms with Gasteiger partial charge in [0, 0.05) is 29.2 Å². The molecular formula is C18H19BrN4O4. The molecule has 0 bridgehead atoms. The molecule has 0 aliphatic carbocycles. The van der Waals surface area contributed by atoms with E-state index in [2.05, 4.69) is 31.9 Å². The van der Waals surface area contributed by atoms with E-state index in [9.17, 15) is 19.7 Å². The largest absolute Gasteiger partial charge is 0.379 e. The lowest BCUT2D eigenvalue weighted by atomic mass is 10.2. The summed E-state index contributed by atoms with van der Waals surface area (Å²) >= 11 is 3.39. The summed E-state index contributed by atoms with van der Waals surface area (Å²) in [5, 5.41) is 19.0. The van der Waals surface area contributed by atoms with Crippen LogP contribution >= 0.6 is 15.9 Å². The fourth-order valence-corrected chi connectivity index (χ4v) is 2.53. The van der Waals surface area contributed by atoms with Crippen LogP contribution in [0, 0.1) is 17.0 Å². The van der Waals surface area contributed by atoms with Crippen LogP contribution in [-0.2, 0) is 9.59 Å². The van der Waals surface area contributed by atoms with Crippen molar-refractivity contribution in [3.8, 4) is 0 Å². The van der Waals surface area contributed by atoms with Gasteiger partial charge in [-0.1, -0.05) is 28.1 Å². The molecule has 9 heteroatoms. The Morgan fingerprint density at radius 3 is 2.59 bits per heavy atom. The van der Waals surface area contributed by atoms with Crippen LogP contribution in [0.3, 0.4) is 0 Å². The van der Waals surface area contributed by atoms with Crippen LogP contribution in [0.4, 0.5) is 17.1 Å². The number of nitro benzene ring substituents is 1. The molecule has 0 atom stereocenters. The number of nitrogens with zero attached hydrogens (tertiary/aromatic N) is 1. The predicted octanol–water partition coefficient (Wildman–Crippen LogP) is 3.22. The first kappa shape index (κ1) is 20.4. The highest BCUT2D eigenvalue weighted by molar-refractivity contribution is 9.10. The summed E-state index contributed by atoms with van der Waals surface area (Å²) in [5.41, 5.74) is 1.92. The van der Waals surface area contributed by atoms with Crippen molar-refractivity contribution in [2.75, 3.05) is 23.7 Å². The molecule has 0 aliphatic heterocycles. The Labute approximate surface area is 164 Å². The number of para-hydroxylation sites is 2. The number of halogens is 1. The maximum atomic E-state index is 11.9. The highest BCUT2D eigenvalue weighted by atomic mass is 79.9. The number of aryl methyl sites for hydroxylation is 1. The lowest BCUT2D eigenvalue weighted by molar-refractivity contribution is -0.384. The van der Waals surface area contributed by atoms with E-state index in [1.54, 1.807) is 24.3 Å². The molecule has 2 rings (SSSR count). The van der Waals surface area contributed by atoms with Crippen molar-refractivity contribution in [2.24, 2.45) is 0 Å². The number of carbonyl (C=O) groups excluding carboxylic acids is 2. The Hall–Kier alpha value is -2.94. The van der Waals surface area contributed by atoms with Gasteiger partial charge in [0.25, 0.3) is 5.69 Å². The van der Waals surface area contributed by atoms with Crippen molar-refractivity contribution in [1.29, 1.82) is 0 Å². The molecular weight excluding hydrogens is 416 g/mol. The van der Waals surface area contributed by atoms with Crippen LogP contribution < -0.4 is 16.0 Å². The Balaban J connectivity index is 1.74. The molecule has 2 amide bonds. The first-order chi connectivity index (χ1) is 12.9. The summed E-state index contributed by atoms with van der Waals surface area (Å²) in [7, 11) is 0. The normalized spacial score (nSPS) is 10.1. The molecule has 0 aromatic heterocycles. The predicted molar refractivity (Wildman–Crippen MR) is 107 cm³/mol. The van der Waals surface area contributed by atoms with Crippen molar-refractivity contribution in [3.05, 3.63) is 62.6 Å². The lowest BCUT2D eigenvalue weighted by Crippen LogP contribution is -2.33. The Bertz CT molecular complexity index is 857. The van der Waals surface area contributed by atoms with Crippen LogP contribution in [0.25, 0.3) is 0 Å². The van der Waals surface area contributed by atoms with E-state index >= 15 is 0 Å². The first-order valence-electron chi connectivity index (χ1n) is 8.17. The van der Waals surface area contributed by atoms with Crippen molar-refractivity contribution in [2.45, 2.75) is 13.3 Å². The van der Waals surface area contributed by atoms with Gasteiger partial charge in [-0.15, -0.1) is 0 Å². The number of benzene rings is 2. The van der Waals surface area contributed by atoms with Crippen LogP contribution in [0.15, 0.2) is 46.9 Å². The van der Waals surface area contributed by atoms with Gasteiger partial charge in [0.05, 0.1) is 11.5 Å². The zero-order chi connectivity index (χ0) is 19.8. The standard InChI is InChI=1S/C18H19BrN4O4/c1-12-10-13(6-7-14(12)19)22-18(25)11-21-17(24)8-9-20-15-4-2-3-5-16(15)23(26)27/h2-7,10,20H,8-9,11H2,1H3,(H,21,24)(H,22,25). The molecule has 0 unspecified atom stereocenters. The maximum absolute atomic E-state index is 11.9.